The first-order valence-corrected chi connectivity index (χ1v) is 9.86. The quantitative estimate of drug-likeness (QED) is 0.799. The van der Waals surface area contributed by atoms with Crippen molar-refractivity contribution in [3.8, 4) is 6.07 Å². The molecular weight excluding hydrogens is 413 g/mol. The molecular formula is C21H21F3N4O3. The first-order chi connectivity index (χ1) is 14.7. The third kappa shape index (κ3) is 3.74. The minimum atomic E-state index is -4.64. The van der Waals surface area contributed by atoms with Gasteiger partial charge in [-0.2, -0.15) is 18.4 Å². The Labute approximate surface area is 176 Å². The van der Waals surface area contributed by atoms with Gasteiger partial charge in [-0.15, -0.1) is 0 Å². The molecule has 2 aromatic rings. The number of amides is 1. The lowest BCUT2D eigenvalue weighted by Crippen LogP contribution is -2.51. The predicted octanol–water partition coefficient (Wildman–Crippen LogP) is 2.83. The molecule has 1 aromatic heterocycles. The smallest absolute Gasteiger partial charge is 0.396 e. The van der Waals surface area contributed by atoms with E-state index >= 15 is 0 Å². The largest absolute Gasteiger partial charge is 0.417 e. The Kier molecular flexibility index (Phi) is 5.17. The molecule has 2 aliphatic rings. The van der Waals surface area contributed by atoms with Crippen LogP contribution in [0.1, 0.15) is 33.8 Å². The Morgan fingerprint density at radius 3 is 2.77 bits per heavy atom. The van der Waals surface area contributed by atoms with Crippen molar-refractivity contribution in [1.29, 1.82) is 5.26 Å². The van der Waals surface area contributed by atoms with Gasteiger partial charge in [0, 0.05) is 43.3 Å². The third-order valence-electron chi connectivity index (χ3n) is 6.31. The van der Waals surface area contributed by atoms with Gasteiger partial charge in [0.25, 0.3) is 5.91 Å². The number of aryl methyl sites for hydroxylation is 1. The highest BCUT2D eigenvalue weighted by Gasteiger charge is 2.51. The van der Waals surface area contributed by atoms with Gasteiger partial charge in [0.2, 0.25) is 0 Å². The number of aliphatic hydroxyl groups excluding tert-OH is 1. The third-order valence-corrected chi connectivity index (χ3v) is 6.31. The first-order valence-electron chi connectivity index (χ1n) is 9.86. The Morgan fingerprint density at radius 2 is 2.16 bits per heavy atom. The number of halogens is 3. The Balaban J connectivity index is 1.58. The summed E-state index contributed by atoms with van der Waals surface area (Å²) < 4.78 is 45.1. The molecule has 10 heteroatoms. The fourth-order valence-electron chi connectivity index (χ4n) is 4.68. The molecule has 2 saturated heterocycles. The molecule has 4 rings (SSSR count). The van der Waals surface area contributed by atoms with E-state index in [0.717, 1.165) is 6.07 Å². The van der Waals surface area contributed by atoms with Crippen molar-refractivity contribution in [2.24, 2.45) is 11.3 Å². The van der Waals surface area contributed by atoms with Crippen molar-refractivity contribution >= 4 is 11.6 Å². The number of carbonyl (C=O) groups is 1. The molecule has 0 saturated carbocycles. The lowest BCUT2D eigenvalue weighted by atomic mass is 9.74. The molecule has 1 aromatic carbocycles. The summed E-state index contributed by atoms with van der Waals surface area (Å²) in [5.41, 5.74) is -1.52. The molecule has 1 N–H and O–H groups in total. The second-order valence-corrected chi connectivity index (χ2v) is 8.28. The molecule has 164 valence electrons. The summed E-state index contributed by atoms with van der Waals surface area (Å²) in [5.74, 6) is 0.249. The molecule has 0 spiro atoms. The monoisotopic (exact) mass is 434 g/mol. The van der Waals surface area contributed by atoms with Gasteiger partial charge in [-0.1, -0.05) is 5.16 Å². The van der Waals surface area contributed by atoms with Crippen LogP contribution in [0.5, 0.6) is 0 Å². The number of nitriles is 1. The lowest BCUT2D eigenvalue weighted by molar-refractivity contribution is -0.137. The normalized spacial score (nSPS) is 23.5. The number of nitrogens with zero attached hydrogens (tertiary/aromatic N) is 4. The molecule has 7 nitrogen and oxygen atoms in total. The van der Waals surface area contributed by atoms with Gasteiger partial charge in [0.05, 0.1) is 23.8 Å². The van der Waals surface area contributed by atoms with Crippen LogP contribution in [0.15, 0.2) is 28.8 Å². The second kappa shape index (κ2) is 7.57. The van der Waals surface area contributed by atoms with Crippen LogP contribution in [-0.2, 0) is 6.18 Å². The molecule has 3 heterocycles. The zero-order valence-corrected chi connectivity index (χ0v) is 16.8. The summed E-state index contributed by atoms with van der Waals surface area (Å²) in [6.45, 7) is 3.00. The summed E-state index contributed by atoms with van der Waals surface area (Å²) in [4.78, 5) is 16.2. The minimum Gasteiger partial charge on any atom is -0.396 e. The highest BCUT2D eigenvalue weighted by molar-refractivity contribution is 5.92. The zero-order valence-electron chi connectivity index (χ0n) is 16.8. The number of aliphatic hydroxyl groups is 1. The van der Waals surface area contributed by atoms with E-state index < -0.39 is 22.7 Å². The van der Waals surface area contributed by atoms with E-state index in [-0.39, 0.29) is 30.7 Å². The lowest BCUT2D eigenvalue weighted by Gasteiger charge is -2.44. The summed E-state index contributed by atoms with van der Waals surface area (Å²) in [7, 11) is 0. The molecule has 0 unspecified atom stereocenters. The van der Waals surface area contributed by atoms with E-state index in [1.807, 2.05) is 0 Å². The molecule has 0 radical (unpaired) electrons. The van der Waals surface area contributed by atoms with Crippen molar-refractivity contribution in [3.63, 3.8) is 0 Å². The molecule has 31 heavy (non-hydrogen) atoms. The van der Waals surface area contributed by atoms with Crippen LogP contribution in [-0.4, -0.2) is 53.9 Å². The van der Waals surface area contributed by atoms with Crippen LogP contribution in [0.4, 0.5) is 18.9 Å². The Hall–Kier alpha value is -3.06. The van der Waals surface area contributed by atoms with Gasteiger partial charge < -0.3 is 19.4 Å². The highest BCUT2D eigenvalue weighted by atomic mass is 19.4. The number of alkyl halides is 3. The number of fused-ring (bicyclic) bond motifs is 1. The standard InChI is InChI=1S/C21H21F3N4O3/c1-13-6-18(26-31-13)19(30)28-9-15-4-5-27(10-20(15,11-28)12-29)16-3-2-14(8-25)17(7-16)21(22,23)24/h2-3,6-7,15,29H,4-5,9-12H2,1H3/t15-,20+/m1/s1. The second-order valence-electron chi connectivity index (χ2n) is 8.28. The molecule has 2 atom stereocenters. The van der Waals surface area contributed by atoms with Gasteiger partial charge in [0.1, 0.15) is 5.76 Å². The topological polar surface area (TPSA) is 93.6 Å². The number of anilines is 1. The molecule has 2 fully saturated rings. The number of rotatable bonds is 3. The highest BCUT2D eigenvalue weighted by Crippen LogP contribution is 2.44. The van der Waals surface area contributed by atoms with Gasteiger partial charge >= 0.3 is 6.18 Å². The van der Waals surface area contributed by atoms with Crippen molar-refractivity contribution < 1.29 is 27.6 Å². The van der Waals surface area contributed by atoms with Crippen LogP contribution < -0.4 is 4.90 Å². The van der Waals surface area contributed by atoms with Gasteiger partial charge in [0.15, 0.2) is 5.69 Å². The fraction of sp³-hybridized carbons (Fsp3) is 0.476. The van der Waals surface area contributed by atoms with E-state index in [0.29, 0.717) is 37.5 Å². The maximum atomic E-state index is 13.4. The van der Waals surface area contributed by atoms with Crippen LogP contribution >= 0.6 is 0 Å². The number of benzene rings is 1. The SMILES string of the molecule is Cc1cc(C(=O)N2C[C@H]3CCN(c4ccc(C#N)c(C(F)(F)F)c4)C[C@@]3(CO)C2)no1. The van der Waals surface area contributed by atoms with Crippen molar-refractivity contribution in [3.05, 3.63) is 46.8 Å². The fourth-order valence-corrected chi connectivity index (χ4v) is 4.68. The maximum absolute atomic E-state index is 13.4. The number of aromatic nitrogens is 1. The average molecular weight is 434 g/mol. The summed E-state index contributed by atoms with van der Waals surface area (Å²) in [5, 5.41) is 23.0. The van der Waals surface area contributed by atoms with E-state index in [9.17, 15) is 23.1 Å². The van der Waals surface area contributed by atoms with Crippen molar-refractivity contribution in [1.82, 2.24) is 10.1 Å². The summed E-state index contributed by atoms with van der Waals surface area (Å²) in [6, 6.07) is 6.80. The number of likely N-dealkylation sites (tertiary alicyclic amines) is 1. The van der Waals surface area contributed by atoms with Crippen LogP contribution in [0.3, 0.4) is 0 Å². The summed E-state index contributed by atoms with van der Waals surface area (Å²) >= 11 is 0. The first kappa shape index (κ1) is 21.2. The number of carbonyl (C=O) groups excluding carboxylic acids is 1. The molecule has 2 aliphatic heterocycles. The van der Waals surface area contributed by atoms with E-state index in [1.165, 1.54) is 12.1 Å². The van der Waals surface area contributed by atoms with E-state index in [4.69, 9.17) is 9.78 Å². The van der Waals surface area contributed by atoms with Crippen molar-refractivity contribution in [2.75, 3.05) is 37.7 Å². The number of hydrogen-bond donors (Lipinski definition) is 1. The van der Waals surface area contributed by atoms with Gasteiger partial charge in [-0.05, 0) is 37.5 Å². The maximum Gasteiger partial charge on any atom is 0.417 e. The number of hydrogen-bond acceptors (Lipinski definition) is 6. The molecule has 0 bridgehead atoms. The predicted molar refractivity (Wildman–Crippen MR) is 103 cm³/mol. The van der Waals surface area contributed by atoms with Gasteiger partial charge in [-0.25, -0.2) is 0 Å². The van der Waals surface area contributed by atoms with Crippen LogP contribution in [0, 0.1) is 29.6 Å². The van der Waals surface area contributed by atoms with Crippen LogP contribution in [0.2, 0.25) is 0 Å². The molecule has 0 aliphatic carbocycles. The molecule has 1 amide bonds. The average Bonchev–Trinajstić information content (AvgIpc) is 3.35. The number of piperidine rings is 1. The van der Waals surface area contributed by atoms with Crippen LogP contribution in [0.25, 0.3) is 0 Å². The zero-order chi connectivity index (χ0) is 22.4. The van der Waals surface area contributed by atoms with Gasteiger partial charge in [-0.3, -0.25) is 4.79 Å². The van der Waals surface area contributed by atoms with E-state index in [2.05, 4.69) is 5.16 Å². The summed E-state index contributed by atoms with van der Waals surface area (Å²) in [6.07, 6.45) is -4.02. The van der Waals surface area contributed by atoms with Crippen molar-refractivity contribution in [2.45, 2.75) is 19.5 Å². The Bertz CT molecular complexity index is 1050. The minimum absolute atomic E-state index is 0.0196. The van der Waals surface area contributed by atoms with E-state index in [1.54, 1.807) is 28.9 Å². The Morgan fingerprint density at radius 1 is 1.39 bits per heavy atom.